The minimum atomic E-state index is -0.434. The lowest BCUT2D eigenvalue weighted by atomic mass is 10.2. The molecule has 0 unspecified atom stereocenters. The van der Waals surface area contributed by atoms with Gasteiger partial charge in [-0.05, 0) is 18.6 Å². The van der Waals surface area contributed by atoms with Gasteiger partial charge >= 0.3 is 5.97 Å². The van der Waals surface area contributed by atoms with Crippen LogP contribution in [0.15, 0.2) is 12.1 Å². The fraction of sp³-hybridized carbons (Fsp3) is 0.357. The standard InChI is InChI=1S/C14H18N3O3/c1-4-5-6-17-12-10(16-14(17)15)7-9(13(18)20-3)8-11(12)19-2/h7-8H,1,4-6H2,2-3H3,(H2,15,16). The van der Waals surface area contributed by atoms with E-state index in [1.165, 1.54) is 7.11 Å². The molecular formula is C14H18N3O3. The third-order valence-corrected chi connectivity index (χ3v) is 3.11. The number of fused-ring (bicyclic) bond motifs is 1. The van der Waals surface area contributed by atoms with Crippen LogP contribution in [0.2, 0.25) is 0 Å². The Balaban J connectivity index is 2.61. The van der Waals surface area contributed by atoms with Crippen LogP contribution in [-0.4, -0.2) is 29.7 Å². The third kappa shape index (κ3) is 2.41. The predicted molar refractivity (Wildman–Crippen MR) is 76.6 cm³/mol. The van der Waals surface area contributed by atoms with Gasteiger partial charge in [0, 0.05) is 6.54 Å². The first kappa shape index (κ1) is 14.2. The van der Waals surface area contributed by atoms with Crippen molar-refractivity contribution in [1.82, 2.24) is 9.55 Å². The smallest absolute Gasteiger partial charge is 0.338 e. The summed E-state index contributed by atoms with van der Waals surface area (Å²) in [7, 11) is 2.88. The largest absolute Gasteiger partial charge is 0.494 e. The lowest BCUT2D eigenvalue weighted by Crippen LogP contribution is -2.05. The Morgan fingerprint density at radius 1 is 1.45 bits per heavy atom. The van der Waals surface area contributed by atoms with Gasteiger partial charge in [0.15, 0.2) is 0 Å². The number of methoxy groups -OCH3 is 2. The van der Waals surface area contributed by atoms with Crippen molar-refractivity contribution < 1.29 is 14.3 Å². The van der Waals surface area contributed by atoms with E-state index in [9.17, 15) is 4.79 Å². The van der Waals surface area contributed by atoms with E-state index in [1.807, 2.05) is 4.57 Å². The lowest BCUT2D eigenvalue weighted by molar-refractivity contribution is 0.0600. The molecule has 0 aliphatic carbocycles. The Morgan fingerprint density at radius 3 is 2.80 bits per heavy atom. The van der Waals surface area contributed by atoms with Gasteiger partial charge in [-0.1, -0.05) is 13.3 Å². The molecule has 1 heterocycles. The van der Waals surface area contributed by atoms with Crippen LogP contribution in [0, 0.1) is 6.92 Å². The number of ether oxygens (including phenoxy) is 2. The highest BCUT2D eigenvalue weighted by Crippen LogP contribution is 2.30. The number of benzene rings is 1. The second kappa shape index (κ2) is 5.81. The van der Waals surface area contributed by atoms with E-state index < -0.39 is 5.97 Å². The van der Waals surface area contributed by atoms with Crippen LogP contribution >= 0.6 is 0 Å². The molecule has 0 aliphatic rings. The van der Waals surface area contributed by atoms with Crippen LogP contribution in [0.3, 0.4) is 0 Å². The summed E-state index contributed by atoms with van der Waals surface area (Å²) >= 11 is 0. The SMILES string of the molecule is [CH2]CCCn1c(N)nc2cc(C(=O)OC)cc(OC)c21. The zero-order valence-corrected chi connectivity index (χ0v) is 11.7. The number of hydrogen-bond donors (Lipinski definition) is 1. The molecule has 0 aliphatic heterocycles. The van der Waals surface area contributed by atoms with Crippen LogP contribution in [0.5, 0.6) is 5.75 Å². The number of imidazole rings is 1. The molecule has 1 aromatic heterocycles. The molecule has 1 radical (unpaired) electrons. The zero-order valence-electron chi connectivity index (χ0n) is 11.7. The van der Waals surface area contributed by atoms with E-state index in [1.54, 1.807) is 19.2 Å². The molecular weight excluding hydrogens is 258 g/mol. The molecule has 2 N–H and O–H groups in total. The van der Waals surface area contributed by atoms with Crippen molar-refractivity contribution in [1.29, 1.82) is 0 Å². The first-order chi connectivity index (χ1) is 9.62. The van der Waals surface area contributed by atoms with E-state index >= 15 is 0 Å². The normalized spacial score (nSPS) is 10.8. The zero-order chi connectivity index (χ0) is 14.7. The molecule has 0 amide bonds. The van der Waals surface area contributed by atoms with Crippen LogP contribution < -0.4 is 10.5 Å². The molecule has 0 fully saturated rings. The van der Waals surface area contributed by atoms with Crippen LogP contribution in [-0.2, 0) is 11.3 Å². The molecule has 0 bridgehead atoms. The number of nitrogens with zero attached hydrogens (tertiary/aromatic N) is 2. The number of esters is 1. The number of nitrogens with two attached hydrogens (primary N) is 1. The highest BCUT2D eigenvalue weighted by molar-refractivity contribution is 5.96. The quantitative estimate of drug-likeness (QED) is 0.845. The maximum atomic E-state index is 11.6. The van der Waals surface area contributed by atoms with Gasteiger partial charge in [-0.25, -0.2) is 9.78 Å². The maximum absolute atomic E-state index is 11.6. The molecule has 2 aromatic rings. The molecule has 0 saturated heterocycles. The summed E-state index contributed by atoms with van der Waals surface area (Å²) in [6, 6.07) is 3.29. The van der Waals surface area contributed by atoms with E-state index in [2.05, 4.69) is 11.9 Å². The molecule has 20 heavy (non-hydrogen) atoms. The van der Waals surface area contributed by atoms with Gasteiger partial charge in [0.25, 0.3) is 0 Å². The second-order valence-corrected chi connectivity index (χ2v) is 4.37. The minimum absolute atomic E-state index is 0.388. The number of anilines is 1. The molecule has 6 nitrogen and oxygen atoms in total. The molecule has 107 valence electrons. The summed E-state index contributed by atoms with van der Waals surface area (Å²) in [4.78, 5) is 15.9. The lowest BCUT2D eigenvalue weighted by Gasteiger charge is -2.09. The van der Waals surface area contributed by atoms with Crippen LogP contribution in [0.1, 0.15) is 23.2 Å². The van der Waals surface area contributed by atoms with E-state index in [-0.39, 0.29) is 0 Å². The topological polar surface area (TPSA) is 79.4 Å². The third-order valence-electron chi connectivity index (χ3n) is 3.11. The number of aromatic nitrogens is 2. The highest BCUT2D eigenvalue weighted by atomic mass is 16.5. The Bertz CT molecular complexity index is 634. The summed E-state index contributed by atoms with van der Waals surface area (Å²) < 4.78 is 12.0. The predicted octanol–water partition coefficient (Wildman–Crippen LogP) is 2.03. The summed E-state index contributed by atoms with van der Waals surface area (Å²) in [6.07, 6.45) is 1.69. The van der Waals surface area contributed by atoms with Crippen molar-refractivity contribution in [3.8, 4) is 5.75 Å². The van der Waals surface area contributed by atoms with E-state index in [4.69, 9.17) is 15.2 Å². The number of aryl methyl sites for hydroxylation is 1. The van der Waals surface area contributed by atoms with Crippen LogP contribution in [0.4, 0.5) is 5.95 Å². The van der Waals surface area contributed by atoms with Crippen molar-refractivity contribution in [3.63, 3.8) is 0 Å². The number of carbonyl (C=O) groups is 1. The van der Waals surface area contributed by atoms with Gasteiger partial charge in [-0.2, -0.15) is 0 Å². The number of hydrogen-bond acceptors (Lipinski definition) is 5. The van der Waals surface area contributed by atoms with Crippen molar-refractivity contribution in [3.05, 3.63) is 24.6 Å². The first-order valence-corrected chi connectivity index (χ1v) is 6.33. The number of nitrogen functional groups attached to an aromatic ring is 1. The van der Waals surface area contributed by atoms with Gasteiger partial charge in [0.1, 0.15) is 11.3 Å². The molecule has 1 aromatic carbocycles. The first-order valence-electron chi connectivity index (χ1n) is 6.33. The fourth-order valence-corrected chi connectivity index (χ4v) is 2.14. The van der Waals surface area contributed by atoms with Gasteiger partial charge in [0.05, 0.1) is 25.3 Å². The molecule has 0 spiro atoms. The Labute approximate surface area is 117 Å². The highest BCUT2D eigenvalue weighted by Gasteiger charge is 2.17. The summed E-state index contributed by atoms with van der Waals surface area (Å²) in [5, 5.41) is 0. The maximum Gasteiger partial charge on any atom is 0.338 e. The molecule has 0 atom stereocenters. The van der Waals surface area contributed by atoms with Gasteiger partial charge in [-0.15, -0.1) is 0 Å². The van der Waals surface area contributed by atoms with Gasteiger partial charge < -0.3 is 19.8 Å². The van der Waals surface area contributed by atoms with Crippen molar-refractivity contribution in [2.75, 3.05) is 20.0 Å². The Kier molecular flexibility index (Phi) is 4.12. The fourth-order valence-electron chi connectivity index (χ4n) is 2.14. The van der Waals surface area contributed by atoms with Crippen molar-refractivity contribution >= 4 is 23.0 Å². The molecule has 0 saturated carbocycles. The Hall–Kier alpha value is -2.24. The van der Waals surface area contributed by atoms with E-state index in [0.717, 1.165) is 18.4 Å². The minimum Gasteiger partial charge on any atom is -0.494 e. The summed E-state index contributed by atoms with van der Waals surface area (Å²) in [5.41, 5.74) is 7.72. The van der Waals surface area contributed by atoms with Crippen molar-refractivity contribution in [2.24, 2.45) is 0 Å². The number of carbonyl (C=O) groups excluding carboxylic acids is 1. The number of unbranched alkanes of at least 4 members (excludes halogenated alkanes) is 1. The van der Waals surface area contributed by atoms with Crippen LogP contribution in [0.25, 0.3) is 11.0 Å². The monoisotopic (exact) mass is 276 g/mol. The van der Waals surface area contributed by atoms with E-state index in [0.29, 0.717) is 29.3 Å². The molecule has 2 rings (SSSR count). The summed E-state index contributed by atoms with van der Waals surface area (Å²) in [5.74, 6) is 0.515. The molecule has 6 heteroatoms. The average Bonchev–Trinajstić information content (AvgIpc) is 2.78. The second-order valence-electron chi connectivity index (χ2n) is 4.37. The number of rotatable bonds is 5. The average molecular weight is 276 g/mol. The summed E-state index contributed by atoms with van der Waals surface area (Å²) in [6.45, 7) is 4.53. The van der Waals surface area contributed by atoms with Gasteiger partial charge in [0.2, 0.25) is 5.95 Å². The van der Waals surface area contributed by atoms with Crippen molar-refractivity contribution in [2.45, 2.75) is 19.4 Å². The Morgan fingerprint density at radius 2 is 2.20 bits per heavy atom. The van der Waals surface area contributed by atoms with Gasteiger partial charge in [-0.3, -0.25) is 0 Å².